The molecule has 160 valence electrons. The van der Waals surface area contributed by atoms with Crippen molar-refractivity contribution in [3.8, 4) is 0 Å². The van der Waals surface area contributed by atoms with Gasteiger partial charge in [0.25, 0.3) is 0 Å². The summed E-state index contributed by atoms with van der Waals surface area (Å²) in [5, 5.41) is 14.2. The van der Waals surface area contributed by atoms with Gasteiger partial charge >= 0.3 is 6.03 Å². The van der Waals surface area contributed by atoms with Gasteiger partial charge < -0.3 is 20.0 Å². The Bertz CT molecular complexity index is 1040. The Labute approximate surface area is 182 Å². The lowest BCUT2D eigenvalue weighted by Gasteiger charge is -2.35. The average molecular weight is 417 g/mol. The van der Waals surface area contributed by atoms with Crippen LogP contribution in [-0.2, 0) is 0 Å². The largest absolute Gasteiger partial charge is 0.355 e. The SMILES string of the molecule is O=C(Nc1ccc2ccccc2c1)N1CCN(c2ccc(N3CCCCC3)nn2)CC1. The lowest BCUT2D eigenvalue weighted by Crippen LogP contribution is -2.50. The van der Waals surface area contributed by atoms with Crippen molar-refractivity contribution in [2.75, 3.05) is 54.4 Å². The molecule has 2 amide bonds. The Morgan fingerprint density at radius 1 is 0.710 bits per heavy atom. The lowest BCUT2D eigenvalue weighted by molar-refractivity contribution is 0.208. The summed E-state index contributed by atoms with van der Waals surface area (Å²) in [6.07, 6.45) is 3.76. The molecular weight excluding hydrogens is 388 g/mol. The van der Waals surface area contributed by atoms with E-state index in [2.05, 4.69) is 49.6 Å². The molecule has 2 aromatic carbocycles. The molecule has 0 spiro atoms. The third-order valence-electron chi connectivity index (χ3n) is 6.21. The van der Waals surface area contributed by atoms with E-state index < -0.39 is 0 Å². The number of amides is 2. The molecule has 3 heterocycles. The molecular formula is C24H28N6O. The Hall–Kier alpha value is -3.35. The van der Waals surface area contributed by atoms with E-state index in [1.807, 2.05) is 35.2 Å². The number of hydrogen-bond donors (Lipinski definition) is 1. The van der Waals surface area contributed by atoms with Crippen molar-refractivity contribution in [1.82, 2.24) is 15.1 Å². The zero-order valence-electron chi connectivity index (χ0n) is 17.7. The van der Waals surface area contributed by atoms with Crippen LogP contribution in [0.4, 0.5) is 22.1 Å². The molecule has 0 atom stereocenters. The van der Waals surface area contributed by atoms with Crippen LogP contribution in [-0.4, -0.2) is 60.4 Å². The molecule has 7 heteroatoms. The monoisotopic (exact) mass is 416 g/mol. The standard InChI is InChI=1S/C24H28N6O/c31-24(25-21-9-8-19-6-2-3-7-20(19)18-21)30-16-14-29(15-17-30)23-11-10-22(26-27-23)28-12-4-1-5-13-28/h2-3,6-11,18H,1,4-5,12-17H2,(H,25,31). The summed E-state index contributed by atoms with van der Waals surface area (Å²) in [6, 6.07) is 18.2. The van der Waals surface area contributed by atoms with Crippen LogP contribution < -0.4 is 15.1 Å². The minimum atomic E-state index is -0.0542. The van der Waals surface area contributed by atoms with Crippen LogP contribution in [0.1, 0.15) is 19.3 Å². The quantitative estimate of drug-likeness (QED) is 0.700. The van der Waals surface area contributed by atoms with Gasteiger partial charge in [-0.25, -0.2) is 4.79 Å². The van der Waals surface area contributed by atoms with E-state index in [0.29, 0.717) is 13.1 Å². The van der Waals surface area contributed by atoms with E-state index in [1.165, 1.54) is 24.6 Å². The number of urea groups is 1. The van der Waals surface area contributed by atoms with E-state index in [9.17, 15) is 4.79 Å². The molecule has 0 saturated carbocycles. The smallest absolute Gasteiger partial charge is 0.321 e. The number of benzene rings is 2. The highest BCUT2D eigenvalue weighted by molar-refractivity contribution is 5.93. The normalized spacial score (nSPS) is 17.1. The molecule has 1 N–H and O–H groups in total. The minimum absolute atomic E-state index is 0.0542. The number of carbonyl (C=O) groups is 1. The van der Waals surface area contributed by atoms with Crippen LogP contribution in [0.15, 0.2) is 54.6 Å². The van der Waals surface area contributed by atoms with E-state index in [4.69, 9.17) is 0 Å². The average Bonchev–Trinajstić information content (AvgIpc) is 2.85. The van der Waals surface area contributed by atoms with E-state index >= 15 is 0 Å². The summed E-state index contributed by atoms with van der Waals surface area (Å²) in [5.41, 5.74) is 0.824. The van der Waals surface area contributed by atoms with Gasteiger partial charge in [-0.3, -0.25) is 0 Å². The second-order valence-electron chi connectivity index (χ2n) is 8.26. The first-order valence-electron chi connectivity index (χ1n) is 11.1. The second kappa shape index (κ2) is 8.79. The number of aromatic nitrogens is 2. The van der Waals surface area contributed by atoms with Crippen LogP contribution in [0.2, 0.25) is 0 Å². The van der Waals surface area contributed by atoms with E-state index in [1.54, 1.807) is 0 Å². The van der Waals surface area contributed by atoms with Crippen molar-refractivity contribution in [3.05, 3.63) is 54.6 Å². The lowest BCUT2D eigenvalue weighted by atomic mass is 10.1. The predicted molar refractivity (Wildman–Crippen MR) is 125 cm³/mol. The van der Waals surface area contributed by atoms with Gasteiger partial charge in [-0.05, 0) is 54.3 Å². The van der Waals surface area contributed by atoms with Gasteiger partial charge in [-0.15, -0.1) is 10.2 Å². The number of nitrogens with one attached hydrogen (secondary N) is 1. The van der Waals surface area contributed by atoms with Gasteiger partial charge in [0.2, 0.25) is 0 Å². The third kappa shape index (κ3) is 4.40. The van der Waals surface area contributed by atoms with Crippen molar-refractivity contribution in [1.29, 1.82) is 0 Å². The van der Waals surface area contributed by atoms with Crippen LogP contribution in [0.3, 0.4) is 0 Å². The van der Waals surface area contributed by atoms with Crippen molar-refractivity contribution in [2.24, 2.45) is 0 Å². The number of carbonyl (C=O) groups excluding carboxylic acids is 1. The number of piperidine rings is 1. The summed E-state index contributed by atoms with van der Waals surface area (Å²) < 4.78 is 0. The fourth-order valence-electron chi connectivity index (χ4n) is 4.39. The fraction of sp³-hybridized carbons (Fsp3) is 0.375. The van der Waals surface area contributed by atoms with Crippen LogP contribution in [0.5, 0.6) is 0 Å². The van der Waals surface area contributed by atoms with E-state index in [0.717, 1.165) is 48.9 Å². The Morgan fingerprint density at radius 3 is 2.03 bits per heavy atom. The van der Waals surface area contributed by atoms with Crippen LogP contribution >= 0.6 is 0 Å². The molecule has 0 aliphatic carbocycles. The summed E-state index contributed by atoms with van der Waals surface area (Å²) in [4.78, 5) is 19.1. The van der Waals surface area contributed by atoms with Crippen molar-refractivity contribution in [3.63, 3.8) is 0 Å². The highest BCUT2D eigenvalue weighted by Crippen LogP contribution is 2.21. The maximum absolute atomic E-state index is 12.7. The first-order chi connectivity index (χ1) is 15.3. The van der Waals surface area contributed by atoms with Gasteiger partial charge in [0.05, 0.1) is 0 Å². The summed E-state index contributed by atoms with van der Waals surface area (Å²) in [7, 11) is 0. The Balaban J connectivity index is 1.16. The summed E-state index contributed by atoms with van der Waals surface area (Å²) >= 11 is 0. The molecule has 0 radical (unpaired) electrons. The molecule has 2 aliphatic heterocycles. The fourth-order valence-corrected chi connectivity index (χ4v) is 4.39. The predicted octanol–water partition coefficient (Wildman–Crippen LogP) is 3.97. The topological polar surface area (TPSA) is 64.6 Å². The maximum Gasteiger partial charge on any atom is 0.321 e. The number of anilines is 3. The second-order valence-corrected chi connectivity index (χ2v) is 8.26. The van der Waals surface area contributed by atoms with Crippen LogP contribution in [0.25, 0.3) is 10.8 Å². The number of rotatable bonds is 3. The number of fused-ring (bicyclic) bond motifs is 1. The zero-order valence-corrected chi connectivity index (χ0v) is 17.7. The van der Waals surface area contributed by atoms with Crippen molar-refractivity contribution in [2.45, 2.75) is 19.3 Å². The van der Waals surface area contributed by atoms with Gasteiger partial charge in [-0.1, -0.05) is 30.3 Å². The molecule has 0 bridgehead atoms. The molecule has 7 nitrogen and oxygen atoms in total. The first-order valence-corrected chi connectivity index (χ1v) is 11.1. The minimum Gasteiger partial charge on any atom is -0.355 e. The zero-order chi connectivity index (χ0) is 21.0. The van der Waals surface area contributed by atoms with Crippen molar-refractivity contribution < 1.29 is 4.79 Å². The van der Waals surface area contributed by atoms with Gasteiger partial charge in [0.15, 0.2) is 11.6 Å². The number of nitrogens with zero attached hydrogens (tertiary/aromatic N) is 5. The summed E-state index contributed by atoms with van der Waals surface area (Å²) in [5.74, 6) is 1.85. The van der Waals surface area contributed by atoms with Gasteiger partial charge in [-0.2, -0.15) is 0 Å². The molecule has 2 saturated heterocycles. The number of hydrogen-bond acceptors (Lipinski definition) is 5. The van der Waals surface area contributed by atoms with E-state index in [-0.39, 0.29) is 6.03 Å². The highest BCUT2D eigenvalue weighted by Gasteiger charge is 2.22. The van der Waals surface area contributed by atoms with Gasteiger partial charge in [0, 0.05) is 45.0 Å². The molecule has 2 fully saturated rings. The Kier molecular flexibility index (Phi) is 5.56. The Morgan fingerprint density at radius 2 is 1.35 bits per heavy atom. The molecule has 5 rings (SSSR count). The molecule has 1 aromatic heterocycles. The number of piperazine rings is 1. The highest BCUT2D eigenvalue weighted by atomic mass is 16.2. The molecule has 3 aromatic rings. The molecule has 31 heavy (non-hydrogen) atoms. The van der Waals surface area contributed by atoms with Gasteiger partial charge in [0.1, 0.15) is 0 Å². The molecule has 0 unspecified atom stereocenters. The van der Waals surface area contributed by atoms with Crippen LogP contribution in [0, 0.1) is 0 Å². The third-order valence-corrected chi connectivity index (χ3v) is 6.21. The summed E-state index contributed by atoms with van der Waals surface area (Å²) in [6.45, 7) is 4.97. The van der Waals surface area contributed by atoms with Crippen molar-refractivity contribution >= 4 is 34.1 Å². The molecule has 2 aliphatic rings. The maximum atomic E-state index is 12.7. The first kappa shape index (κ1) is 19.6.